The van der Waals surface area contributed by atoms with E-state index in [2.05, 4.69) is 15.0 Å². The number of hydrogen-bond donors (Lipinski definition) is 2. The first-order valence-electron chi connectivity index (χ1n) is 4.92. The van der Waals surface area contributed by atoms with E-state index in [0.717, 1.165) is 22.6 Å². The van der Waals surface area contributed by atoms with Crippen LogP contribution in [0, 0.1) is 0 Å². The summed E-state index contributed by atoms with van der Waals surface area (Å²) < 4.78 is 0. The number of H-pyrrole nitrogens is 1. The molecule has 3 N–H and O–H groups in total. The quantitative estimate of drug-likeness (QED) is 0.746. The van der Waals surface area contributed by atoms with E-state index in [0.29, 0.717) is 12.5 Å². The molecule has 0 aliphatic heterocycles. The van der Waals surface area contributed by atoms with Gasteiger partial charge in [-0.2, -0.15) is 0 Å². The van der Waals surface area contributed by atoms with Crippen LogP contribution in [0.4, 0.5) is 0 Å². The van der Waals surface area contributed by atoms with Gasteiger partial charge in [0, 0.05) is 18.7 Å². The monoisotopic (exact) mass is 188 g/mol. The summed E-state index contributed by atoms with van der Waals surface area (Å²) in [6, 6.07) is 1.94. The normalized spacial score (nSPS) is 16.4. The van der Waals surface area contributed by atoms with Gasteiger partial charge < -0.3 is 10.7 Å². The summed E-state index contributed by atoms with van der Waals surface area (Å²) in [7, 11) is 0. The van der Waals surface area contributed by atoms with E-state index in [9.17, 15) is 0 Å². The van der Waals surface area contributed by atoms with Crippen molar-refractivity contribution in [2.24, 2.45) is 5.73 Å². The third kappa shape index (κ3) is 1.11. The molecule has 0 spiro atoms. The van der Waals surface area contributed by atoms with Gasteiger partial charge in [0.15, 0.2) is 5.65 Å². The van der Waals surface area contributed by atoms with Gasteiger partial charge >= 0.3 is 0 Å². The number of aromatic amines is 1. The smallest absolute Gasteiger partial charge is 0.178 e. The molecule has 2 aromatic rings. The second-order valence-corrected chi connectivity index (χ2v) is 3.77. The van der Waals surface area contributed by atoms with E-state index in [1.165, 1.54) is 12.8 Å². The molecule has 2 heterocycles. The van der Waals surface area contributed by atoms with Crippen LogP contribution in [0.15, 0.2) is 12.3 Å². The minimum atomic E-state index is 0.533. The van der Waals surface area contributed by atoms with E-state index in [-0.39, 0.29) is 0 Å². The SMILES string of the molecule is NCc1ccnc2nc(C3CC3)[nH]c12. The third-order valence-corrected chi connectivity index (χ3v) is 2.68. The van der Waals surface area contributed by atoms with Gasteiger partial charge in [-0.05, 0) is 24.5 Å². The fourth-order valence-corrected chi connectivity index (χ4v) is 1.70. The Morgan fingerprint density at radius 1 is 1.50 bits per heavy atom. The number of nitrogens with zero attached hydrogens (tertiary/aromatic N) is 2. The Bertz CT molecular complexity index is 470. The van der Waals surface area contributed by atoms with Crippen LogP contribution in [0.25, 0.3) is 11.2 Å². The average Bonchev–Trinajstić information content (AvgIpc) is 2.97. The van der Waals surface area contributed by atoms with Gasteiger partial charge in [-0.25, -0.2) is 9.97 Å². The second-order valence-electron chi connectivity index (χ2n) is 3.77. The molecule has 0 amide bonds. The maximum absolute atomic E-state index is 5.64. The predicted octanol–water partition coefficient (Wildman–Crippen LogP) is 1.29. The lowest BCUT2D eigenvalue weighted by atomic mass is 10.2. The van der Waals surface area contributed by atoms with E-state index >= 15 is 0 Å². The summed E-state index contributed by atoms with van der Waals surface area (Å²) in [6.07, 6.45) is 4.26. The minimum Gasteiger partial charge on any atom is -0.340 e. The van der Waals surface area contributed by atoms with Gasteiger partial charge in [-0.15, -0.1) is 0 Å². The summed E-state index contributed by atoms with van der Waals surface area (Å²) in [5, 5.41) is 0. The Hall–Kier alpha value is -1.42. The average molecular weight is 188 g/mol. The molecule has 1 aliphatic rings. The number of nitrogens with two attached hydrogens (primary N) is 1. The van der Waals surface area contributed by atoms with Crippen LogP contribution >= 0.6 is 0 Å². The molecule has 0 radical (unpaired) electrons. The molecule has 72 valence electrons. The number of pyridine rings is 1. The number of rotatable bonds is 2. The van der Waals surface area contributed by atoms with Crippen molar-refractivity contribution >= 4 is 11.2 Å². The van der Waals surface area contributed by atoms with E-state index in [1.807, 2.05) is 6.07 Å². The van der Waals surface area contributed by atoms with Gasteiger partial charge in [0.25, 0.3) is 0 Å². The summed E-state index contributed by atoms with van der Waals surface area (Å²) >= 11 is 0. The topological polar surface area (TPSA) is 67.6 Å². The highest BCUT2D eigenvalue weighted by Crippen LogP contribution is 2.38. The third-order valence-electron chi connectivity index (χ3n) is 2.68. The minimum absolute atomic E-state index is 0.533. The van der Waals surface area contributed by atoms with Crippen LogP contribution in [0.3, 0.4) is 0 Å². The van der Waals surface area contributed by atoms with Gasteiger partial charge in [-0.1, -0.05) is 0 Å². The predicted molar refractivity (Wildman–Crippen MR) is 53.8 cm³/mol. The molecule has 0 saturated heterocycles. The van der Waals surface area contributed by atoms with Gasteiger partial charge in [0.1, 0.15) is 5.82 Å². The van der Waals surface area contributed by atoms with E-state index < -0.39 is 0 Å². The molecule has 0 unspecified atom stereocenters. The summed E-state index contributed by atoms with van der Waals surface area (Å²) in [6.45, 7) is 0.533. The van der Waals surface area contributed by atoms with Gasteiger partial charge in [-0.3, -0.25) is 0 Å². The highest BCUT2D eigenvalue weighted by atomic mass is 15.0. The Kier molecular flexibility index (Phi) is 1.58. The van der Waals surface area contributed by atoms with Crippen molar-refractivity contribution in [3.8, 4) is 0 Å². The van der Waals surface area contributed by atoms with Crippen LogP contribution in [0.1, 0.15) is 30.1 Å². The van der Waals surface area contributed by atoms with Crippen molar-refractivity contribution in [2.45, 2.75) is 25.3 Å². The molecule has 0 aromatic carbocycles. The van der Waals surface area contributed by atoms with Gasteiger partial charge in [0.05, 0.1) is 5.52 Å². The van der Waals surface area contributed by atoms with Crippen LogP contribution in [-0.4, -0.2) is 15.0 Å². The number of nitrogens with one attached hydrogen (secondary N) is 1. The lowest BCUT2D eigenvalue weighted by molar-refractivity contribution is 0.981. The largest absolute Gasteiger partial charge is 0.340 e. The lowest BCUT2D eigenvalue weighted by Gasteiger charge is -1.95. The Morgan fingerprint density at radius 2 is 2.36 bits per heavy atom. The Morgan fingerprint density at radius 3 is 3.07 bits per heavy atom. The molecule has 14 heavy (non-hydrogen) atoms. The first-order chi connectivity index (χ1) is 6.88. The van der Waals surface area contributed by atoms with E-state index in [1.54, 1.807) is 6.20 Å². The van der Waals surface area contributed by atoms with Crippen LogP contribution in [0.5, 0.6) is 0 Å². The highest BCUT2D eigenvalue weighted by Gasteiger charge is 2.27. The number of hydrogen-bond acceptors (Lipinski definition) is 3. The molecule has 1 aliphatic carbocycles. The van der Waals surface area contributed by atoms with Crippen molar-refractivity contribution < 1.29 is 0 Å². The number of fused-ring (bicyclic) bond motifs is 1. The van der Waals surface area contributed by atoms with Crippen LogP contribution < -0.4 is 5.73 Å². The van der Waals surface area contributed by atoms with Crippen molar-refractivity contribution in [3.63, 3.8) is 0 Å². The first kappa shape index (κ1) is 7.94. The van der Waals surface area contributed by atoms with Crippen molar-refractivity contribution in [3.05, 3.63) is 23.7 Å². The lowest BCUT2D eigenvalue weighted by Crippen LogP contribution is -1.97. The second kappa shape index (κ2) is 2.78. The maximum atomic E-state index is 5.64. The summed E-state index contributed by atoms with van der Waals surface area (Å²) in [5.74, 6) is 1.71. The zero-order valence-corrected chi connectivity index (χ0v) is 7.83. The highest BCUT2D eigenvalue weighted by molar-refractivity contribution is 5.74. The first-order valence-corrected chi connectivity index (χ1v) is 4.92. The Balaban J connectivity index is 2.20. The molecule has 2 aromatic heterocycles. The molecular weight excluding hydrogens is 176 g/mol. The standard InChI is InChI=1S/C10H12N4/c11-5-7-3-4-12-10-8(7)13-9(14-10)6-1-2-6/h3-4,6H,1-2,5,11H2,(H,12,13,14). The molecular formula is C10H12N4. The molecule has 4 heteroatoms. The molecule has 0 bridgehead atoms. The zero-order valence-electron chi connectivity index (χ0n) is 7.83. The fraction of sp³-hybridized carbons (Fsp3) is 0.400. The molecule has 3 rings (SSSR count). The van der Waals surface area contributed by atoms with Gasteiger partial charge in [0.2, 0.25) is 0 Å². The zero-order chi connectivity index (χ0) is 9.54. The summed E-state index contributed by atoms with van der Waals surface area (Å²) in [5.41, 5.74) is 8.55. The molecule has 1 saturated carbocycles. The molecule has 1 fully saturated rings. The Labute approximate surface area is 81.6 Å². The van der Waals surface area contributed by atoms with Crippen molar-refractivity contribution in [1.82, 2.24) is 15.0 Å². The number of imidazole rings is 1. The van der Waals surface area contributed by atoms with Crippen molar-refractivity contribution in [1.29, 1.82) is 0 Å². The number of aromatic nitrogens is 3. The maximum Gasteiger partial charge on any atom is 0.178 e. The van der Waals surface area contributed by atoms with Crippen LogP contribution in [-0.2, 0) is 6.54 Å². The molecule has 4 nitrogen and oxygen atoms in total. The summed E-state index contributed by atoms with van der Waals surface area (Å²) in [4.78, 5) is 12.0. The van der Waals surface area contributed by atoms with E-state index in [4.69, 9.17) is 5.73 Å². The van der Waals surface area contributed by atoms with Crippen molar-refractivity contribution in [2.75, 3.05) is 0 Å². The fourth-order valence-electron chi connectivity index (χ4n) is 1.70. The van der Waals surface area contributed by atoms with Crippen LogP contribution in [0.2, 0.25) is 0 Å². The molecule has 0 atom stereocenters.